The van der Waals surface area contributed by atoms with E-state index in [0.717, 1.165) is 89.2 Å². The number of nitrogens with one attached hydrogen (secondary N) is 2. The molecule has 232 valence electrons. The monoisotopic (exact) mass is 648 g/mol. The Labute approximate surface area is 288 Å². The van der Waals surface area contributed by atoms with E-state index < -0.39 is 0 Å². The molecule has 2 aliphatic heterocycles. The number of fused-ring (bicyclic) bond motifs is 8. The standard InChI is InChI=1S/C44H29ClN4/c45-43-32-27-46-44(43)42(31-19-11-4-12-20-31)38-26-25-37(49-38)41(30-17-9-3-10-18-30)36-24-23-35(48-36)40(29-15-7-2-8-16-29)34-22-21-33(47-34)39(32)28-13-5-1-6-14-28/h1-27,47,49H. The van der Waals surface area contributed by atoms with Crippen molar-refractivity contribution in [3.05, 3.63) is 168 Å². The number of aromatic nitrogens is 3. The fourth-order valence-electron chi connectivity index (χ4n) is 6.91. The molecule has 2 aliphatic rings. The second-order valence-electron chi connectivity index (χ2n) is 12.1. The summed E-state index contributed by atoms with van der Waals surface area (Å²) in [5.41, 5.74) is 15.2. The molecule has 9 rings (SSSR count). The predicted molar refractivity (Wildman–Crippen MR) is 206 cm³/mol. The van der Waals surface area contributed by atoms with E-state index in [-0.39, 0.29) is 0 Å². The van der Waals surface area contributed by atoms with E-state index in [9.17, 15) is 0 Å². The molecule has 0 atom stereocenters. The molecule has 7 aromatic rings. The third-order valence-electron chi connectivity index (χ3n) is 9.12. The topological polar surface area (TPSA) is 56.8 Å². The maximum atomic E-state index is 7.46. The molecule has 8 bridgehead atoms. The van der Waals surface area contributed by atoms with Crippen molar-refractivity contribution in [1.82, 2.24) is 15.0 Å². The van der Waals surface area contributed by atoms with Crippen molar-refractivity contribution in [2.75, 3.05) is 0 Å². The Bertz CT molecular complexity index is 2410. The maximum Gasteiger partial charge on any atom is 0.0922 e. The quantitative estimate of drug-likeness (QED) is 0.196. The average molecular weight is 649 g/mol. The number of nitrogens with zero attached hydrogens (tertiary/aromatic N) is 2. The summed E-state index contributed by atoms with van der Waals surface area (Å²) in [5.74, 6) is 0. The van der Waals surface area contributed by atoms with Gasteiger partial charge in [-0.05, 0) is 58.7 Å². The van der Waals surface area contributed by atoms with Crippen molar-refractivity contribution in [2.24, 2.45) is 4.99 Å². The van der Waals surface area contributed by atoms with Gasteiger partial charge >= 0.3 is 0 Å². The SMILES string of the molecule is Clc1c2c(-c3ccccc3)c3ccc([nH]3)c(-c3ccccc3)c3nc(c(-c4ccccc4)c4ccc([nH]4)c(-c4ccccc4)c1N=C2)C=C3. The molecule has 4 nitrogen and oxygen atoms in total. The van der Waals surface area contributed by atoms with E-state index in [4.69, 9.17) is 21.6 Å². The van der Waals surface area contributed by atoms with Crippen LogP contribution in [0.5, 0.6) is 0 Å². The molecule has 0 spiro atoms. The number of hydrogen-bond acceptors (Lipinski definition) is 2. The Hall–Kier alpha value is -6.23. The van der Waals surface area contributed by atoms with Crippen LogP contribution in [-0.4, -0.2) is 21.2 Å². The third kappa shape index (κ3) is 5.10. The molecule has 0 saturated heterocycles. The highest BCUT2D eigenvalue weighted by molar-refractivity contribution is 6.38. The number of H-pyrrole nitrogens is 2. The lowest BCUT2D eigenvalue weighted by atomic mass is 10.0. The predicted octanol–water partition coefficient (Wildman–Crippen LogP) is 12.2. The number of aliphatic imine (C=N–C) groups is 1. The van der Waals surface area contributed by atoms with Crippen molar-refractivity contribution < 1.29 is 0 Å². The zero-order valence-corrected chi connectivity index (χ0v) is 27.1. The Morgan fingerprint density at radius 1 is 0.408 bits per heavy atom. The van der Waals surface area contributed by atoms with Crippen molar-refractivity contribution in [2.45, 2.75) is 0 Å². The average Bonchev–Trinajstić information content (AvgIpc) is 3.98. The highest BCUT2D eigenvalue weighted by Crippen LogP contribution is 2.45. The minimum atomic E-state index is 0.595. The molecule has 2 N–H and O–H groups in total. The molecule has 0 saturated carbocycles. The van der Waals surface area contributed by atoms with E-state index in [1.165, 1.54) is 0 Å². The number of halogens is 1. The number of aromatic amines is 2. The Balaban J connectivity index is 1.51. The summed E-state index contributed by atoms with van der Waals surface area (Å²) in [6, 6.07) is 50.1. The van der Waals surface area contributed by atoms with Crippen molar-refractivity contribution in [3.8, 4) is 44.5 Å². The van der Waals surface area contributed by atoms with E-state index in [1.807, 2.05) is 42.6 Å². The molecular weight excluding hydrogens is 620 g/mol. The number of hydrogen-bond donors (Lipinski definition) is 2. The van der Waals surface area contributed by atoms with Gasteiger partial charge in [0.2, 0.25) is 0 Å². The molecule has 49 heavy (non-hydrogen) atoms. The zero-order valence-electron chi connectivity index (χ0n) is 26.4. The second kappa shape index (κ2) is 12.1. The van der Waals surface area contributed by atoms with Crippen LogP contribution in [0.15, 0.2) is 151 Å². The van der Waals surface area contributed by atoms with Gasteiger partial charge in [0, 0.05) is 56.1 Å². The molecule has 5 heteroatoms. The van der Waals surface area contributed by atoms with Crippen molar-refractivity contribution >= 4 is 57.7 Å². The highest BCUT2D eigenvalue weighted by atomic mass is 35.5. The fraction of sp³-hybridized carbons (Fsp3) is 0. The lowest BCUT2D eigenvalue weighted by Crippen LogP contribution is -1.88. The van der Waals surface area contributed by atoms with E-state index in [1.54, 1.807) is 0 Å². The summed E-state index contributed by atoms with van der Waals surface area (Å²) in [6.45, 7) is 0. The van der Waals surface area contributed by atoms with Gasteiger partial charge in [0.25, 0.3) is 0 Å². The minimum Gasteiger partial charge on any atom is -0.354 e. The fourth-order valence-corrected chi connectivity index (χ4v) is 7.20. The van der Waals surface area contributed by atoms with E-state index >= 15 is 0 Å². The summed E-state index contributed by atoms with van der Waals surface area (Å²) >= 11 is 7.46. The van der Waals surface area contributed by atoms with Crippen LogP contribution < -0.4 is 0 Å². The lowest BCUT2D eigenvalue weighted by Gasteiger charge is -2.08. The normalized spacial score (nSPS) is 12.0. The minimum absolute atomic E-state index is 0.595. The summed E-state index contributed by atoms with van der Waals surface area (Å²) in [6.07, 6.45) is 6.14. The first-order valence-electron chi connectivity index (χ1n) is 16.3. The summed E-state index contributed by atoms with van der Waals surface area (Å²) in [4.78, 5) is 17.9. The van der Waals surface area contributed by atoms with Gasteiger partial charge in [-0.15, -0.1) is 0 Å². The molecule has 4 aromatic carbocycles. The van der Waals surface area contributed by atoms with Gasteiger partial charge in [-0.1, -0.05) is 133 Å². The van der Waals surface area contributed by atoms with Crippen LogP contribution in [0.3, 0.4) is 0 Å². The first kappa shape index (κ1) is 29.0. The van der Waals surface area contributed by atoms with Crippen LogP contribution in [-0.2, 0) is 0 Å². The van der Waals surface area contributed by atoms with Crippen molar-refractivity contribution in [1.29, 1.82) is 0 Å². The summed E-state index contributed by atoms with van der Waals surface area (Å²) in [5, 5.41) is 0.595. The second-order valence-corrected chi connectivity index (χ2v) is 12.5. The summed E-state index contributed by atoms with van der Waals surface area (Å²) < 4.78 is 0. The highest BCUT2D eigenvalue weighted by Gasteiger charge is 2.21. The Kier molecular flexibility index (Phi) is 7.15. The first-order valence-corrected chi connectivity index (χ1v) is 16.7. The van der Waals surface area contributed by atoms with Gasteiger partial charge < -0.3 is 9.97 Å². The smallest absolute Gasteiger partial charge is 0.0922 e. The molecule has 0 aliphatic carbocycles. The molecular formula is C44H29ClN4. The van der Waals surface area contributed by atoms with Crippen LogP contribution in [0, 0.1) is 0 Å². The van der Waals surface area contributed by atoms with Crippen LogP contribution in [0.25, 0.3) is 78.7 Å². The maximum absolute atomic E-state index is 7.46. The van der Waals surface area contributed by atoms with Crippen LogP contribution >= 0.6 is 11.6 Å². The first-order chi connectivity index (χ1) is 24.2. The van der Waals surface area contributed by atoms with Gasteiger partial charge in [0.05, 0.1) is 22.1 Å². The zero-order chi connectivity index (χ0) is 32.7. The van der Waals surface area contributed by atoms with E-state index in [2.05, 4.69) is 131 Å². The molecule has 0 radical (unpaired) electrons. The Morgan fingerprint density at radius 2 is 0.776 bits per heavy atom. The van der Waals surface area contributed by atoms with Gasteiger partial charge in [0.15, 0.2) is 0 Å². The van der Waals surface area contributed by atoms with Crippen molar-refractivity contribution in [3.63, 3.8) is 0 Å². The molecule has 3 aromatic heterocycles. The lowest BCUT2D eigenvalue weighted by molar-refractivity contribution is 1.32. The van der Waals surface area contributed by atoms with Gasteiger partial charge in [-0.2, -0.15) is 0 Å². The van der Waals surface area contributed by atoms with E-state index in [0.29, 0.717) is 5.02 Å². The third-order valence-corrected chi connectivity index (χ3v) is 9.51. The molecule has 5 heterocycles. The molecule has 0 amide bonds. The molecule has 0 fully saturated rings. The van der Waals surface area contributed by atoms with Crippen LogP contribution in [0.1, 0.15) is 17.0 Å². The van der Waals surface area contributed by atoms with Crippen LogP contribution in [0.2, 0.25) is 5.02 Å². The number of rotatable bonds is 4. The van der Waals surface area contributed by atoms with Gasteiger partial charge in [0.1, 0.15) is 0 Å². The summed E-state index contributed by atoms with van der Waals surface area (Å²) in [7, 11) is 0. The van der Waals surface area contributed by atoms with Gasteiger partial charge in [-0.3, -0.25) is 4.99 Å². The van der Waals surface area contributed by atoms with Gasteiger partial charge in [-0.25, -0.2) is 4.98 Å². The molecule has 0 unspecified atom stereocenters. The van der Waals surface area contributed by atoms with Crippen LogP contribution in [0.4, 0.5) is 5.69 Å². The number of benzene rings is 4. The Morgan fingerprint density at radius 3 is 1.22 bits per heavy atom. The largest absolute Gasteiger partial charge is 0.354 e.